The fourth-order valence-corrected chi connectivity index (χ4v) is 2.19. The van der Waals surface area contributed by atoms with Gasteiger partial charge in [0, 0.05) is 5.56 Å². The van der Waals surface area contributed by atoms with E-state index in [0.717, 1.165) is 12.0 Å². The zero-order chi connectivity index (χ0) is 15.5. The number of nitrogens with one attached hydrogen (secondary N) is 2. The standard InChI is InChI=1S/C14H18ClN5O/c1-3-8-14(2,16)12(21)18-13-17-11(19-20-13)9-6-4-5-7-10(9)15/h4-7H,3,8,16H2,1-2H3,(H2,17,18,19,20,21). The molecule has 0 saturated carbocycles. The van der Waals surface area contributed by atoms with Crippen LogP contribution in [0.2, 0.25) is 5.02 Å². The smallest absolute Gasteiger partial charge is 0.249 e. The summed E-state index contributed by atoms with van der Waals surface area (Å²) in [6.07, 6.45) is 1.40. The predicted molar refractivity (Wildman–Crippen MR) is 83.0 cm³/mol. The lowest BCUT2D eigenvalue weighted by Gasteiger charge is -2.21. The quantitative estimate of drug-likeness (QED) is 0.791. The molecule has 1 aromatic carbocycles. The summed E-state index contributed by atoms with van der Waals surface area (Å²) in [6.45, 7) is 3.66. The third kappa shape index (κ3) is 3.59. The number of H-pyrrole nitrogens is 1. The number of nitrogens with two attached hydrogens (primary N) is 1. The molecule has 0 aliphatic rings. The van der Waals surface area contributed by atoms with Gasteiger partial charge in [-0.15, -0.1) is 5.10 Å². The van der Waals surface area contributed by atoms with Crippen LogP contribution in [0.15, 0.2) is 24.3 Å². The van der Waals surface area contributed by atoms with Crippen LogP contribution < -0.4 is 11.1 Å². The van der Waals surface area contributed by atoms with Gasteiger partial charge in [-0.05, 0) is 25.5 Å². The lowest BCUT2D eigenvalue weighted by Crippen LogP contribution is -2.48. The molecule has 0 radical (unpaired) electrons. The number of hydrogen-bond acceptors (Lipinski definition) is 4. The molecule has 6 nitrogen and oxygen atoms in total. The van der Waals surface area contributed by atoms with Crippen molar-refractivity contribution in [2.75, 3.05) is 5.32 Å². The van der Waals surface area contributed by atoms with Gasteiger partial charge in [-0.25, -0.2) is 0 Å². The monoisotopic (exact) mass is 307 g/mol. The summed E-state index contributed by atoms with van der Waals surface area (Å²) >= 11 is 6.09. The number of nitrogens with zero attached hydrogens (tertiary/aromatic N) is 2. The fourth-order valence-electron chi connectivity index (χ4n) is 1.97. The summed E-state index contributed by atoms with van der Waals surface area (Å²) in [5, 5.41) is 9.89. The van der Waals surface area contributed by atoms with Gasteiger partial charge in [0.05, 0.1) is 10.6 Å². The number of benzene rings is 1. The van der Waals surface area contributed by atoms with Gasteiger partial charge >= 0.3 is 0 Å². The Hall–Kier alpha value is -1.92. The molecule has 0 fully saturated rings. The second kappa shape index (κ2) is 6.24. The number of aromatic amines is 1. The van der Waals surface area contributed by atoms with Gasteiger partial charge in [0.15, 0.2) is 5.82 Å². The van der Waals surface area contributed by atoms with Crippen LogP contribution in [-0.4, -0.2) is 26.6 Å². The summed E-state index contributed by atoms with van der Waals surface area (Å²) in [5.41, 5.74) is 5.74. The summed E-state index contributed by atoms with van der Waals surface area (Å²) in [7, 11) is 0. The Morgan fingerprint density at radius 1 is 1.48 bits per heavy atom. The van der Waals surface area contributed by atoms with Gasteiger partial charge in [0.1, 0.15) is 0 Å². The van der Waals surface area contributed by atoms with Crippen molar-refractivity contribution < 1.29 is 4.79 Å². The highest BCUT2D eigenvalue weighted by molar-refractivity contribution is 6.33. The van der Waals surface area contributed by atoms with E-state index in [1.807, 2.05) is 25.1 Å². The highest BCUT2D eigenvalue weighted by Gasteiger charge is 2.28. The first-order valence-electron chi connectivity index (χ1n) is 6.71. The molecule has 112 valence electrons. The molecule has 21 heavy (non-hydrogen) atoms. The number of amides is 1. The molecule has 1 atom stereocenters. The van der Waals surface area contributed by atoms with Crippen LogP contribution in [0.25, 0.3) is 11.4 Å². The van der Waals surface area contributed by atoms with Gasteiger partial charge in [-0.1, -0.05) is 37.1 Å². The van der Waals surface area contributed by atoms with Gasteiger partial charge < -0.3 is 5.73 Å². The van der Waals surface area contributed by atoms with Crippen LogP contribution in [0.1, 0.15) is 26.7 Å². The van der Waals surface area contributed by atoms with Gasteiger partial charge in [-0.2, -0.15) is 4.98 Å². The number of anilines is 1. The van der Waals surface area contributed by atoms with Crippen molar-refractivity contribution in [1.29, 1.82) is 0 Å². The zero-order valence-corrected chi connectivity index (χ0v) is 12.7. The second-order valence-electron chi connectivity index (χ2n) is 5.11. The molecule has 0 bridgehead atoms. The Bertz CT molecular complexity index is 638. The van der Waals surface area contributed by atoms with E-state index in [-0.39, 0.29) is 11.9 Å². The molecule has 0 aliphatic carbocycles. The normalized spacial score (nSPS) is 13.7. The van der Waals surface area contributed by atoms with Crippen LogP contribution in [-0.2, 0) is 4.79 Å². The number of rotatable bonds is 5. The van der Waals surface area contributed by atoms with Crippen molar-refractivity contribution in [2.24, 2.45) is 5.73 Å². The maximum absolute atomic E-state index is 12.1. The van der Waals surface area contributed by atoms with E-state index in [1.165, 1.54) is 0 Å². The number of aromatic nitrogens is 3. The summed E-state index contributed by atoms with van der Waals surface area (Å²) in [6, 6.07) is 7.25. The van der Waals surface area contributed by atoms with Gasteiger partial charge in [-0.3, -0.25) is 15.2 Å². The minimum atomic E-state index is -0.945. The van der Waals surface area contributed by atoms with Crippen LogP contribution >= 0.6 is 11.6 Å². The Labute approximate surface area is 128 Å². The number of carbonyl (C=O) groups is 1. The first-order chi connectivity index (χ1) is 9.94. The molecule has 0 saturated heterocycles. The maximum atomic E-state index is 12.1. The van der Waals surface area contributed by atoms with E-state index in [2.05, 4.69) is 20.5 Å². The topological polar surface area (TPSA) is 96.7 Å². The van der Waals surface area contributed by atoms with Crippen molar-refractivity contribution in [1.82, 2.24) is 15.2 Å². The molecule has 1 aromatic heterocycles. The van der Waals surface area contributed by atoms with Gasteiger partial charge in [0.2, 0.25) is 11.9 Å². The summed E-state index contributed by atoms with van der Waals surface area (Å²) < 4.78 is 0. The van der Waals surface area contributed by atoms with Crippen LogP contribution in [0.5, 0.6) is 0 Å². The van der Waals surface area contributed by atoms with Crippen molar-refractivity contribution in [3.05, 3.63) is 29.3 Å². The van der Waals surface area contributed by atoms with Crippen molar-refractivity contribution in [3.8, 4) is 11.4 Å². The van der Waals surface area contributed by atoms with E-state index >= 15 is 0 Å². The maximum Gasteiger partial charge on any atom is 0.249 e. The molecule has 0 aliphatic heterocycles. The number of halogens is 1. The highest BCUT2D eigenvalue weighted by atomic mass is 35.5. The average Bonchev–Trinajstić information content (AvgIpc) is 2.87. The third-order valence-corrected chi connectivity index (χ3v) is 3.46. The summed E-state index contributed by atoms with van der Waals surface area (Å²) in [5.74, 6) is 0.363. The van der Waals surface area contributed by atoms with E-state index in [4.69, 9.17) is 17.3 Å². The fraction of sp³-hybridized carbons (Fsp3) is 0.357. The van der Waals surface area contributed by atoms with Crippen LogP contribution in [0.3, 0.4) is 0 Å². The van der Waals surface area contributed by atoms with Gasteiger partial charge in [0.25, 0.3) is 0 Å². The predicted octanol–water partition coefficient (Wildman–Crippen LogP) is 2.58. The van der Waals surface area contributed by atoms with E-state index in [9.17, 15) is 4.79 Å². The van der Waals surface area contributed by atoms with Crippen LogP contribution in [0.4, 0.5) is 5.95 Å². The number of carbonyl (C=O) groups excluding carboxylic acids is 1. The lowest BCUT2D eigenvalue weighted by atomic mass is 9.97. The largest absolute Gasteiger partial charge is 0.318 e. The molecular weight excluding hydrogens is 290 g/mol. The molecular formula is C14H18ClN5O. The van der Waals surface area contributed by atoms with E-state index in [1.54, 1.807) is 13.0 Å². The van der Waals surface area contributed by atoms with E-state index in [0.29, 0.717) is 17.3 Å². The molecule has 2 rings (SSSR count). The van der Waals surface area contributed by atoms with Crippen molar-refractivity contribution in [2.45, 2.75) is 32.2 Å². The SMILES string of the molecule is CCCC(C)(N)C(=O)Nc1n[nH]c(-c2ccccc2Cl)n1. The molecule has 1 heterocycles. The average molecular weight is 308 g/mol. The Kier molecular flexibility index (Phi) is 4.59. The molecule has 1 amide bonds. The first-order valence-corrected chi connectivity index (χ1v) is 7.09. The molecule has 7 heteroatoms. The van der Waals surface area contributed by atoms with Crippen molar-refractivity contribution in [3.63, 3.8) is 0 Å². The highest BCUT2D eigenvalue weighted by Crippen LogP contribution is 2.25. The minimum absolute atomic E-state index is 0.183. The van der Waals surface area contributed by atoms with Crippen LogP contribution in [0, 0.1) is 0 Å². The van der Waals surface area contributed by atoms with Crippen molar-refractivity contribution >= 4 is 23.5 Å². The Morgan fingerprint density at radius 2 is 2.19 bits per heavy atom. The molecule has 1 unspecified atom stereocenters. The lowest BCUT2D eigenvalue weighted by molar-refractivity contribution is -0.120. The second-order valence-corrected chi connectivity index (χ2v) is 5.52. The molecule has 0 spiro atoms. The Balaban J connectivity index is 2.14. The summed E-state index contributed by atoms with van der Waals surface area (Å²) in [4.78, 5) is 16.3. The molecule has 2 aromatic rings. The third-order valence-electron chi connectivity index (χ3n) is 3.13. The molecule has 4 N–H and O–H groups in total. The first kappa shape index (κ1) is 15.5. The van der Waals surface area contributed by atoms with E-state index < -0.39 is 5.54 Å². The minimum Gasteiger partial charge on any atom is -0.318 e. The number of hydrogen-bond donors (Lipinski definition) is 3. The zero-order valence-electron chi connectivity index (χ0n) is 12.0. The Morgan fingerprint density at radius 3 is 2.86 bits per heavy atom.